The average Bonchev–Trinajstić information content (AvgIpc) is 2.11. The number of carboxylic acids is 1. The van der Waals surface area contributed by atoms with Crippen LogP contribution in [0, 0.1) is 0 Å². The smallest absolute Gasteiger partial charge is 0.328 e. The second-order valence-electron chi connectivity index (χ2n) is 3.35. The monoisotopic (exact) mass is 201 g/mol. The Morgan fingerprint density at radius 2 is 2.00 bits per heavy atom. The largest absolute Gasteiger partial charge is 0.478 e. The molecule has 0 aromatic heterocycles. The lowest BCUT2D eigenvalue weighted by atomic mass is 10.1. The highest BCUT2D eigenvalue weighted by molar-refractivity contribution is 5.93. The number of carbonyl (C=O) groups is 2. The normalized spacial score (nSPS) is 11.6. The van der Waals surface area contributed by atoms with Crippen molar-refractivity contribution in [2.45, 2.75) is 19.4 Å². The summed E-state index contributed by atoms with van der Waals surface area (Å²) >= 11 is 0. The number of carbonyl (C=O) groups excluding carboxylic acids is 1. The fraction of sp³-hybridized carbons (Fsp3) is 0.556. The van der Waals surface area contributed by atoms with Crippen molar-refractivity contribution in [3.63, 3.8) is 0 Å². The molecular weight excluding hydrogens is 186 g/mol. The van der Waals surface area contributed by atoms with Gasteiger partial charge in [-0.25, -0.2) is 4.79 Å². The van der Waals surface area contributed by atoms with Gasteiger partial charge in [0.05, 0.1) is 5.60 Å². The van der Waals surface area contributed by atoms with Crippen molar-refractivity contribution in [2.75, 3.05) is 13.7 Å². The average molecular weight is 201 g/mol. The molecule has 0 atom stereocenters. The molecule has 14 heavy (non-hydrogen) atoms. The number of amides is 1. The maximum Gasteiger partial charge on any atom is 0.328 e. The van der Waals surface area contributed by atoms with E-state index in [4.69, 9.17) is 9.84 Å². The lowest BCUT2D eigenvalue weighted by Gasteiger charge is -2.22. The van der Waals surface area contributed by atoms with Gasteiger partial charge in [-0.15, -0.1) is 0 Å². The zero-order chi connectivity index (χ0) is 11.2. The lowest BCUT2D eigenvalue weighted by molar-refractivity contribution is -0.131. The van der Waals surface area contributed by atoms with Crippen molar-refractivity contribution in [1.29, 1.82) is 0 Å². The molecule has 0 heterocycles. The van der Waals surface area contributed by atoms with Gasteiger partial charge in [-0.3, -0.25) is 4.79 Å². The van der Waals surface area contributed by atoms with E-state index in [-0.39, 0.29) is 0 Å². The van der Waals surface area contributed by atoms with E-state index in [9.17, 15) is 9.59 Å². The summed E-state index contributed by atoms with van der Waals surface area (Å²) in [5.41, 5.74) is -0.452. The fourth-order valence-electron chi connectivity index (χ4n) is 0.578. The zero-order valence-electron chi connectivity index (χ0n) is 8.53. The molecule has 0 bridgehead atoms. The molecule has 1 amide bonds. The van der Waals surface area contributed by atoms with Gasteiger partial charge >= 0.3 is 5.97 Å². The van der Waals surface area contributed by atoms with Gasteiger partial charge in [0, 0.05) is 25.8 Å². The molecule has 0 rings (SSSR count). The Morgan fingerprint density at radius 1 is 1.43 bits per heavy atom. The number of hydrogen-bond acceptors (Lipinski definition) is 3. The molecule has 0 fully saturated rings. The summed E-state index contributed by atoms with van der Waals surface area (Å²) in [6.07, 6.45) is 1.75. The molecule has 0 spiro atoms. The van der Waals surface area contributed by atoms with Crippen molar-refractivity contribution >= 4 is 11.9 Å². The molecule has 80 valence electrons. The summed E-state index contributed by atoms with van der Waals surface area (Å²) in [7, 11) is 1.54. The highest BCUT2D eigenvalue weighted by Crippen LogP contribution is 2.04. The molecule has 5 nitrogen and oxygen atoms in total. The molecule has 0 unspecified atom stereocenters. The van der Waals surface area contributed by atoms with Crippen molar-refractivity contribution < 1.29 is 19.4 Å². The first kappa shape index (κ1) is 12.6. The molecule has 0 aliphatic rings. The fourth-order valence-corrected chi connectivity index (χ4v) is 0.578. The van der Waals surface area contributed by atoms with Crippen LogP contribution in [-0.2, 0) is 14.3 Å². The zero-order valence-corrected chi connectivity index (χ0v) is 8.53. The van der Waals surface area contributed by atoms with E-state index in [0.717, 1.165) is 12.2 Å². The predicted octanol–water partition coefficient (Wildman–Crippen LogP) is 0.168. The van der Waals surface area contributed by atoms with Gasteiger partial charge in [0.2, 0.25) is 5.91 Å². The molecule has 0 aliphatic heterocycles. The summed E-state index contributed by atoms with van der Waals surface area (Å²) < 4.78 is 5.06. The number of hydrogen-bond donors (Lipinski definition) is 2. The number of rotatable bonds is 5. The SMILES string of the molecule is COC(C)(C)CNC(=O)/C=C/C(=O)O. The molecule has 0 saturated heterocycles. The van der Waals surface area contributed by atoms with Gasteiger partial charge in [-0.1, -0.05) is 0 Å². The van der Waals surface area contributed by atoms with E-state index in [2.05, 4.69) is 5.32 Å². The maximum absolute atomic E-state index is 11.0. The van der Waals surface area contributed by atoms with Gasteiger partial charge in [-0.2, -0.15) is 0 Å². The molecule has 0 aromatic rings. The van der Waals surface area contributed by atoms with E-state index in [1.807, 2.05) is 13.8 Å². The van der Waals surface area contributed by atoms with Gasteiger partial charge in [0.25, 0.3) is 0 Å². The molecular formula is C9H15NO4. The van der Waals surface area contributed by atoms with Crippen LogP contribution in [0.4, 0.5) is 0 Å². The van der Waals surface area contributed by atoms with Gasteiger partial charge < -0.3 is 15.2 Å². The van der Waals surface area contributed by atoms with Crippen molar-refractivity contribution in [1.82, 2.24) is 5.32 Å². The van der Waals surface area contributed by atoms with E-state index in [1.54, 1.807) is 7.11 Å². The van der Waals surface area contributed by atoms with Gasteiger partial charge in [0.1, 0.15) is 0 Å². The predicted molar refractivity (Wildman–Crippen MR) is 50.9 cm³/mol. The first-order valence-corrected chi connectivity index (χ1v) is 4.11. The van der Waals surface area contributed by atoms with Gasteiger partial charge in [-0.05, 0) is 13.8 Å². The Bertz CT molecular complexity index is 245. The summed E-state index contributed by atoms with van der Waals surface area (Å²) in [6, 6.07) is 0. The molecule has 0 aromatic carbocycles. The number of aliphatic carboxylic acids is 1. The van der Waals surface area contributed by atoms with Crippen LogP contribution < -0.4 is 5.32 Å². The summed E-state index contributed by atoms with van der Waals surface area (Å²) in [5.74, 6) is -1.59. The first-order chi connectivity index (χ1) is 6.37. The molecule has 0 aliphatic carbocycles. The van der Waals surface area contributed by atoms with Crippen molar-refractivity contribution in [3.8, 4) is 0 Å². The van der Waals surface area contributed by atoms with Crippen LogP contribution in [-0.4, -0.2) is 36.2 Å². The van der Waals surface area contributed by atoms with Crippen LogP contribution in [0.2, 0.25) is 0 Å². The number of methoxy groups -OCH3 is 1. The van der Waals surface area contributed by atoms with Gasteiger partial charge in [0.15, 0.2) is 0 Å². The standard InChI is InChI=1S/C9H15NO4/c1-9(2,14-3)6-10-7(11)4-5-8(12)13/h4-5H,6H2,1-3H3,(H,10,11)(H,12,13)/b5-4+. The Hall–Kier alpha value is -1.36. The number of ether oxygens (including phenoxy) is 1. The molecule has 2 N–H and O–H groups in total. The Morgan fingerprint density at radius 3 is 2.43 bits per heavy atom. The van der Waals surface area contributed by atoms with Crippen LogP contribution in [0.3, 0.4) is 0 Å². The summed E-state index contributed by atoms with van der Waals surface area (Å²) in [5, 5.41) is 10.8. The Kier molecular flexibility index (Phi) is 4.86. The third kappa shape index (κ3) is 6.19. The topological polar surface area (TPSA) is 75.6 Å². The summed E-state index contributed by atoms with van der Waals surface area (Å²) in [4.78, 5) is 21.1. The minimum atomic E-state index is -1.15. The van der Waals surface area contributed by atoms with Crippen LogP contribution in [0.1, 0.15) is 13.8 Å². The van der Waals surface area contributed by atoms with Crippen LogP contribution in [0.25, 0.3) is 0 Å². The maximum atomic E-state index is 11.0. The van der Waals surface area contributed by atoms with Crippen LogP contribution in [0.5, 0.6) is 0 Å². The second-order valence-corrected chi connectivity index (χ2v) is 3.35. The number of carboxylic acid groups (broad SMARTS) is 1. The first-order valence-electron chi connectivity index (χ1n) is 4.11. The van der Waals surface area contributed by atoms with E-state index in [0.29, 0.717) is 6.54 Å². The second kappa shape index (κ2) is 5.39. The minimum absolute atomic E-state index is 0.326. The van der Waals surface area contributed by atoms with E-state index >= 15 is 0 Å². The lowest BCUT2D eigenvalue weighted by Crippen LogP contribution is -2.39. The van der Waals surface area contributed by atoms with E-state index < -0.39 is 17.5 Å². The van der Waals surface area contributed by atoms with Crippen LogP contribution >= 0.6 is 0 Å². The molecule has 0 saturated carbocycles. The highest BCUT2D eigenvalue weighted by Gasteiger charge is 2.16. The Labute approximate surface area is 82.7 Å². The quantitative estimate of drug-likeness (QED) is 0.622. The minimum Gasteiger partial charge on any atom is -0.478 e. The highest BCUT2D eigenvalue weighted by atomic mass is 16.5. The third-order valence-electron chi connectivity index (χ3n) is 1.62. The van der Waals surface area contributed by atoms with Crippen molar-refractivity contribution in [3.05, 3.63) is 12.2 Å². The van der Waals surface area contributed by atoms with Crippen molar-refractivity contribution in [2.24, 2.45) is 0 Å². The summed E-state index contributed by atoms with van der Waals surface area (Å²) in [6.45, 7) is 3.95. The van der Waals surface area contributed by atoms with Crippen LogP contribution in [0.15, 0.2) is 12.2 Å². The van der Waals surface area contributed by atoms with E-state index in [1.165, 1.54) is 0 Å². The molecule has 5 heteroatoms. The Balaban J connectivity index is 3.92. The molecule has 0 radical (unpaired) electrons. The third-order valence-corrected chi connectivity index (χ3v) is 1.62. The number of nitrogens with one attached hydrogen (secondary N) is 1.